The zero-order valence-corrected chi connectivity index (χ0v) is 10.0. The monoisotopic (exact) mass is 268 g/mol. The summed E-state index contributed by atoms with van der Waals surface area (Å²) in [5.74, 6) is 2.10. The number of aromatic nitrogens is 2. The zero-order chi connectivity index (χ0) is 10.7. The van der Waals surface area contributed by atoms with Crippen molar-refractivity contribution in [3.05, 3.63) is 29.1 Å². The largest absolute Gasteiger partial charge is 0.477 e. The Balaban J connectivity index is 2.05. The second-order valence-corrected chi connectivity index (χ2v) is 4.40. The molecule has 4 heteroatoms. The van der Waals surface area contributed by atoms with Gasteiger partial charge < -0.3 is 4.74 Å². The van der Waals surface area contributed by atoms with Crippen molar-refractivity contribution in [3.8, 4) is 5.88 Å². The van der Waals surface area contributed by atoms with E-state index in [1.807, 2.05) is 6.08 Å². The van der Waals surface area contributed by atoms with E-state index in [0.717, 1.165) is 16.8 Å². The van der Waals surface area contributed by atoms with Gasteiger partial charge in [0.05, 0.1) is 6.61 Å². The quantitative estimate of drug-likeness (QED) is 0.468. The Morgan fingerprint density at radius 3 is 3.00 bits per heavy atom. The topological polar surface area (TPSA) is 35.0 Å². The van der Waals surface area contributed by atoms with Crippen LogP contribution in [0.5, 0.6) is 5.88 Å². The van der Waals surface area contributed by atoms with Crippen LogP contribution in [0, 0.1) is 0 Å². The van der Waals surface area contributed by atoms with Crippen molar-refractivity contribution in [2.45, 2.75) is 25.2 Å². The average molecular weight is 269 g/mol. The smallest absolute Gasteiger partial charge is 0.217 e. The standard InChI is InChI=1S/C11H13BrN2O/c1-2-3-6-15-10-7-9(12)13-11(14-10)8-4-5-8/h2,7-8H,1,3-6H2. The molecule has 0 saturated heterocycles. The molecule has 1 aliphatic rings. The van der Waals surface area contributed by atoms with Gasteiger partial charge >= 0.3 is 0 Å². The minimum absolute atomic E-state index is 0.546. The Labute approximate surface area is 97.7 Å². The molecule has 80 valence electrons. The molecule has 0 aliphatic heterocycles. The molecule has 1 aromatic rings. The maximum atomic E-state index is 5.49. The molecule has 0 radical (unpaired) electrons. The maximum absolute atomic E-state index is 5.49. The van der Waals surface area contributed by atoms with Gasteiger partial charge in [-0.15, -0.1) is 6.58 Å². The Morgan fingerprint density at radius 1 is 1.53 bits per heavy atom. The Morgan fingerprint density at radius 2 is 2.33 bits per heavy atom. The third kappa shape index (κ3) is 3.02. The Kier molecular flexibility index (Phi) is 3.36. The molecular formula is C11H13BrN2O. The van der Waals surface area contributed by atoms with E-state index in [2.05, 4.69) is 32.5 Å². The van der Waals surface area contributed by atoms with E-state index in [4.69, 9.17) is 4.74 Å². The number of nitrogens with zero attached hydrogens (tertiary/aromatic N) is 2. The van der Waals surface area contributed by atoms with Gasteiger partial charge in [0, 0.05) is 12.0 Å². The van der Waals surface area contributed by atoms with Gasteiger partial charge in [-0.05, 0) is 35.2 Å². The Bertz CT molecular complexity index is 364. The highest BCUT2D eigenvalue weighted by Crippen LogP contribution is 2.38. The SMILES string of the molecule is C=CCCOc1cc(Br)nc(C2CC2)n1. The summed E-state index contributed by atoms with van der Waals surface area (Å²) >= 11 is 3.37. The fraction of sp³-hybridized carbons (Fsp3) is 0.455. The molecule has 0 atom stereocenters. The molecule has 3 nitrogen and oxygen atoms in total. The van der Waals surface area contributed by atoms with Gasteiger partial charge in [0.2, 0.25) is 5.88 Å². The van der Waals surface area contributed by atoms with Gasteiger partial charge in [-0.3, -0.25) is 0 Å². The first-order valence-corrected chi connectivity index (χ1v) is 5.87. The summed E-state index contributed by atoms with van der Waals surface area (Å²) < 4.78 is 6.29. The summed E-state index contributed by atoms with van der Waals surface area (Å²) in [6.07, 6.45) is 5.06. The van der Waals surface area contributed by atoms with E-state index < -0.39 is 0 Å². The molecule has 0 aromatic carbocycles. The number of halogens is 1. The fourth-order valence-corrected chi connectivity index (χ4v) is 1.64. The lowest BCUT2D eigenvalue weighted by molar-refractivity contribution is 0.310. The lowest BCUT2D eigenvalue weighted by atomic mass is 10.4. The molecule has 1 aromatic heterocycles. The van der Waals surface area contributed by atoms with E-state index in [1.54, 1.807) is 6.07 Å². The first kappa shape index (κ1) is 10.6. The maximum Gasteiger partial charge on any atom is 0.217 e. The van der Waals surface area contributed by atoms with Crippen molar-refractivity contribution in [3.63, 3.8) is 0 Å². The highest BCUT2D eigenvalue weighted by atomic mass is 79.9. The van der Waals surface area contributed by atoms with E-state index in [0.29, 0.717) is 18.4 Å². The van der Waals surface area contributed by atoms with Crippen LogP contribution in [0.4, 0.5) is 0 Å². The lowest BCUT2D eigenvalue weighted by Crippen LogP contribution is -2.01. The predicted octanol–water partition coefficient (Wildman–Crippen LogP) is 3.07. The molecule has 1 aliphatic carbocycles. The van der Waals surface area contributed by atoms with Crippen molar-refractivity contribution in [1.29, 1.82) is 0 Å². The fourth-order valence-electron chi connectivity index (χ4n) is 1.26. The Hall–Kier alpha value is -0.900. The van der Waals surface area contributed by atoms with Gasteiger partial charge in [-0.25, -0.2) is 4.98 Å². The van der Waals surface area contributed by atoms with Crippen LogP contribution in [0.2, 0.25) is 0 Å². The van der Waals surface area contributed by atoms with Crippen LogP contribution >= 0.6 is 15.9 Å². The first-order valence-electron chi connectivity index (χ1n) is 5.08. The summed E-state index contributed by atoms with van der Waals surface area (Å²) in [6.45, 7) is 4.27. The molecule has 1 heterocycles. The highest BCUT2D eigenvalue weighted by molar-refractivity contribution is 9.10. The third-order valence-electron chi connectivity index (χ3n) is 2.20. The second-order valence-electron chi connectivity index (χ2n) is 3.59. The molecule has 15 heavy (non-hydrogen) atoms. The summed E-state index contributed by atoms with van der Waals surface area (Å²) in [6, 6.07) is 1.80. The van der Waals surface area contributed by atoms with Gasteiger partial charge in [0.1, 0.15) is 10.4 Å². The summed E-state index contributed by atoms with van der Waals surface area (Å²) in [5, 5.41) is 0. The van der Waals surface area contributed by atoms with Crippen molar-refractivity contribution in [2.75, 3.05) is 6.61 Å². The molecule has 1 fully saturated rings. The summed E-state index contributed by atoms with van der Waals surface area (Å²) in [4.78, 5) is 8.70. The normalized spacial score (nSPS) is 15.0. The first-order chi connectivity index (χ1) is 7.29. The molecule has 1 saturated carbocycles. The molecule has 0 spiro atoms. The molecule has 2 rings (SSSR count). The van der Waals surface area contributed by atoms with E-state index in [-0.39, 0.29) is 0 Å². The lowest BCUT2D eigenvalue weighted by Gasteiger charge is -2.05. The second kappa shape index (κ2) is 4.75. The highest BCUT2D eigenvalue weighted by Gasteiger charge is 2.27. The van der Waals surface area contributed by atoms with Gasteiger partial charge in [0.25, 0.3) is 0 Å². The van der Waals surface area contributed by atoms with Gasteiger partial charge in [-0.2, -0.15) is 4.98 Å². The summed E-state index contributed by atoms with van der Waals surface area (Å²) in [7, 11) is 0. The van der Waals surface area contributed by atoms with Crippen LogP contribution in [-0.2, 0) is 0 Å². The van der Waals surface area contributed by atoms with Crippen LogP contribution in [0.25, 0.3) is 0 Å². The minimum Gasteiger partial charge on any atom is -0.477 e. The third-order valence-corrected chi connectivity index (χ3v) is 2.61. The number of hydrogen-bond acceptors (Lipinski definition) is 3. The van der Waals surface area contributed by atoms with Crippen LogP contribution in [0.3, 0.4) is 0 Å². The zero-order valence-electron chi connectivity index (χ0n) is 8.45. The number of rotatable bonds is 5. The van der Waals surface area contributed by atoms with Crippen LogP contribution in [-0.4, -0.2) is 16.6 Å². The number of hydrogen-bond donors (Lipinski definition) is 0. The minimum atomic E-state index is 0.546. The van der Waals surface area contributed by atoms with Crippen molar-refractivity contribution in [1.82, 2.24) is 9.97 Å². The van der Waals surface area contributed by atoms with Crippen molar-refractivity contribution in [2.24, 2.45) is 0 Å². The van der Waals surface area contributed by atoms with Crippen molar-refractivity contribution < 1.29 is 4.74 Å². The molecule has 0 unspecified atom stereocenters. The van der Waals surface area contributed by atoms with E-state index in [9.17, 15) is 0 Å². The van der Waals surface area contributed by atoms with E-state index in [1.165, 1.54) is 12.8 Å². The van der Waals surface area contributed by atoms with Crippen molar-refractivity contribution >= 4 is 15.9 Å². The van der Waals surface area contributed by atoms with Gasteiger partial charge in [0.15, 0.2) is 0 Å². The number of ether oxygens (including phenoxy) is 1. The van der Waals surface area contributed by atoms with Gasteiger partial charge in [-0.1, -0.05) is 6.08 Å². The molecule has 0 N–H and O–H groups in total. The molecular weight excluding hydrogens is 256 g/mol. The average Bonchev–Trinajstić information content (AvgIpc) is 3.00. The van der Waals surface area contributed by atoms with E-state index >= 15 is 0 Å². The molecule has 0 bridgehead atoms. The van der Waals surface area contributed by atoms with Crippen LogP contribution < -0.4 is 4.74 Å². The predicted molar refractivity (Wildman–Crippen MR) is 62.0 cm³/mol. The molecule has 0 amide bonds. The summed E-state index contributed by atoms with van der Waals surface area (Å²) in [5.41, 5.74) is 0. The van der Waals surface area contributed by atoms with Crippen LogP contribution in [0.15, 0.2) is 23.3 Å². The van der Waals surface area contributed by atoms with Crippen LogP contribution in [0.1, 0.15) is 31.0 Å².